The fraction of sp³-hybridized carbons (Fsp3) is 0.429. The summed E-state index contributed by atoms with van der Waals surface area (Å²) < 4.78 is 0. The molecular weight excluding hydrogens is 224 g/mol. The minimum absolute atomic E-state index is 0.524. The molecule has 1 aliphatic carbocycles. The first-order valence-electron chi connectivity index (χ1n) is 6.47. The largest absolute Gasteiger partial charge is 0.381 e. The number of fused-ring (bicyclic) bond motifs is 1. The van der Waals surface area contributed by atoms with Crippen LogP contribution in [0.15, 0.2) is 24.3 Å². The van der Waals surface area contributed by atoms with Crippen LogP contribution in [-0.4, -0.2) is 23.6 Å². The molecule has 0 aliphatic heterocycles. The number of rotatable bonds is 3. The van der Waals surface area contributed by atoms with Gasteiger partial charge >= 0.3 is 0 Å². The molecule has 0 unspecified atom stereocenters. The molecule has 4 nitrogen and oxygen atoms in total. The number of nitrogens with two attached hydrogens (primary N) is 1. The molecule has 4 heteroatoms. The van der Waals surface area contributed by atoms with Crippen LogP contribution in [-0.2, 0) is 0 Å². The van der Waals surface area contributed by atoms with Gasteiger partial charge in [-0.05, 0) is 30.9 Å². The van der Waals surface area contributed by atoms with E-state index in [1.807, 2.05) is 31.3 Å². The average molecular weight is 242 g/mol. The molecule has 18 heavy (non-hydrogen) atoms. The van der Waals surface area contributed by atoms with E-state index in [1.165, 1.54) is 19.3 Å². The average Bonchev–Trinajstić information content (AvgIpc) is 2.32. The summed E-state index contributed by atoms with van der Waals surface area (Å²) in [5, 5.41) is 0. The molecule has 1 fully saturated rings. The minimum Gasteiger partial charge on any atom is -0.381 e. The first-order valence-corrected chi connectivity index (χ1v) is 6.47. The standard InChI is InChI=1S/C14H18N4/c1-18(9-10-5-4-6-10)14-13(15)16-11-7-2-3-8-12(11)17-14/h2-3,7-8,10H,4-6,9H2,1H3,(H2,15,16). The predicted molar refractivity (Wildman–Crippen MR) is 74.6 cm³/mol. The maximum atomic E-state index is 6.01. The van der Waals surface area contributed by atoms with Crippen molar-refractivity contribution in [1.82, 2.24) is 9.97 Å². The maximum absolute atomic E-state index is 6.01. The zero-order valence-electron chi connectivity index (χ0n) is 10.6. The van der Waals surface area contributed by atoms with E-state index in [0.717, 1.165) is 29.3 Å². The van der Waals surface area contributed by atoms with Crippen LogP contribution in [0.1, 0.15) is 19.3 Å². The molecule has 2 aromatic rings. The van der Waals surface area contributed by atoms with Crippen molar-refractivity contribution in [2.45, 2.75) is 19.3 Å². The van der Waals surface area contributed by atoms with Gasteiger partial charge in [-0.25, -0.2) is 9.97 Å². The van der Waals surface area contributed by atoms with E-state index in [2.05, 4.69) is 14.9 Å². The lowest BCUT2D eigenvalue weighted by Crippen LogP contribution is -2.30. The Bertz CT molecular complexity index is 563. The zero-order chi connectivity index (χ0) is 12.5. The Labute approximate surface area is 107 Å². The SMILES string of the molecule is CN(CC1CCC1)c1nc2ccccc2nc1N. The Morgan fingerprint density at radius 1 is 1.22 bits per heavy atom. The van der Waals surface area contributed by atoms with Gasteiger partial charge in [0.2, 0.25) is 0 Å². The second-order valence-electron chi connectivity index (χ2n) is 5.10. The van der Waals surface area contributed by atoms with Crippen LogP contribution in [0, 0.1) is 5.92 Å². The summed E-state index contributed by atoms with van der Waals surface area (Å²) >= 11 is 0. The van der Waals surface area contributed by atoms with Gasteiger partial charge in [0, 0.05) is 13.6 Å². The van der Waals surface area contributed by atoms with E-state index in [1.54, 1.807) is 0 Å². The van der Waals surface area contributed by atoms with E-state index < -0.39 is 0 Å². The molecule has 1 aromatic carbocycles. The highest BCUT2D eigenvalue weighted by Gasteiger charge is 2.21. The van der Waals surface area contributed by atoms with Crippen LogP contribution in [0.3, 0.4) is 0 Å². The summed E-state index contributed by atoms with van der Waals surface area (Å²) in [6.45, 7) is 1.03. The van der Waals surface area contributed by atoms with Gasteiger partial charge in [-0.2, -0.15) is 0 Å². The summed E-state index contributed by atoms with van der Waals surface area (Å²) in [5.41, 5.74) is 7.77. The predicted octanol–water partition coefficient (Wildman–Crippen LogP) is 2.45. The Morgan fingerprint density at radius 3 is 2.50 bits per heavy atom. The lowest BCUT2D eigenvalue weighted by Gasteiger charge is -2.31. The van der Waals surface area contributed by atoms with Crippen molar-refractivity contribution in [2.24, 2.45) is 5.92 Å². The molecule has 1 aromatic heterocycles. The van der Waals surface area contributed by atoms with Gasteiger partial charge in [-0.15, -0.1) is 0 Å². The van der Waals surface area contributed by atoms with E-state index in [-0.39, 0.29) is 0 Å². The van der Waals surface area contributed by atoms with Crippen LogP contribution in [0.4, 0.5) is 11.6 Å². The second-order valence-corrected chi connectivity index (χ2v) is 5.10. The van der Waals surface area contributed by atoms with Crippen LogP contribution in [0.5, 0.6) is 0 Å². The second kappa shape index (κ2) is 4.44. The molecule has 0 atom stereocenters. The molecule has 1 saturated carbocycles. The molecule has 0 radical (unpaired) electrons. The molecular formula is C14H18N4. The Morgan fingerprint density at radius 2 is 1.89 bits per heavy atom. The van der Waals surface area contributed by atoms with Gasteiger partial charge < -0.3 is 10.6 Å². The third-order valence-corrected chi connectivity index (χ3v) is 3.70. The Balaban J connectivity index is 1.92. The topological polar surface area (TPSA) is 55.0 Å². The summed E-state index contributed by atoms with van der Waals surface area (Å²) in [4.78, 5) is 11.2. The van der Waals surface area contributed by atoms with Crippen molar-refractivity contribution in [2.75, 3.05) is 24.2 Å². The summed E-state index contributed by atoms with van der Waals surface area (Å²) in [6.07, 6.45) is 4.01. The van der Waals surface area contributed by atoms with Gasteiger partial charge in [-0.3, -0.25) is 0 Å². The molecule has 0 amide bonds. The molecule has 1 aliphatic rings. The fourth-order valence-electron chi connectivity index (χ4n) is 2.43. The molecule has 0 saturated heterocycles. The first-order chi connectivity index (χ1) is 8.74. The third-order valence-electron chi connectivity index (χ3n) is 3.70. The fourth-order valence-corrected chi connectivity index (χ4v) is 2.43. The number of hydrogen-bond donors (Lipinski definition) is 1. The summed E-state index contributed by atoms with van der Waals surface area (Å²) in [7, 11) is 2.05. The lowest BCUT2D eigenvalue weighted by atomic mass is 9.85. The van der Waals surface area contributed by atoms with E-state index in [9.17, 15) is 0 Å². The van der Waals surface area contributed by atoms with E-state index in [4.69, 9.17) is 5.73 Å². The van der Waals surface area contributed by atoms with Crippen molar-refractivity contribution in [1.29, 1.82) is 0 Å². The number of anilines is 2. The lowest BCUT2D eigenvalue weighted by molar-refractivity contribution is 0.321. The zero-order valence-corrected chi connectivity index (χ0v) is 10.6. The third kappa shape index (κ3) is 1.98. The van der Waals surface area contributed by atoms with Crippen molar-refractivity contribution >= 4 is 22.7 Å². The molecule has 2 N–H and O–H groups in total. The smallest absolute Gasteiger partial charge is 0.171 e. The van der Waals surface area contributed by atoms with Gasteiger partial charge in [0.15, 0.2) is 11.6 Å². The van der Waals surface area contributed by atoms with E-state index >= 15 is 0 Å². The van der Waals surface area contributed by atoms with Crippen LogP contribution < -0.4 is 10.6 Å². The summed E-state index contributed by atoms with van der Waals surface area (Å²) in [6, 6.07) is 7.84. The normalized spacial score (nSPS) is 15.6. The maximum Gasteiger partial charge on any atom is 0.171 e. The van der Waals surface area contributed by atoms with Crippen molar-refractivity contribution in [3.63, 3.8) is 0 Å². The van der Waals surface area contributed by atoms with Crippen molar-refractivity contribution in [3.8, 4) is 0 Å². The minimum atomic E-state index is 0.524. The van der Waals surface area contributed by atoms with Crippen LogP contribution >= 0.6 is 0 Å². The van der Waals surface area contributed by atoms with Crippen LogP contribution in [0.2, 0.25) is 0 Å². The highest BCUT2D eigenvalue weighted by atomic mass is 15.2. The van der Waals surface area contributed by atoms with E-state index in [0.29, 0.717) is 5.82 Å². The molecule has 3 rings (SSSR count). The highest BCUT2D eigenvalue weighted by Crippen LogP contribution is 2.29. The Kier molecular flexibility index (Phi) is 2.78. The van der Waals surface area contributed by atoms with Gasteiger partial charge in [0.05, 0.1) is 11.0 Å². The molecule has 0 bridgehead atoms. The number of benzene rings is 1. The van der Waals surface area contributed by atoms with Gasteiger partial charge in [0.1, 0.15) is 0 Å². The number of aromatic nitrogens is 2. The Hall–Kier alpha value is -1.84. The molecule has 0 spiro atoms. The van der Waals surface area contributed by atoms with Gasteiger partial charge in [-0.1, -0.05) is 18.6 Å². The number of nitrogens with zero attached hydrogens (tertiary/aromatic N) is 3. The molecule has 1 heterocycles. The summed E-state index contributed by atoms with van der Waals surface area (Å²) in [5.74, 6) is 2.12. The number of para-hydroxylation sites is 2. The quantitative estimate of drug-likeness (QED) is 0.898. The highest BCUT2D eigenvalue weighted by molar-refractivity contribution is 5.79. The van der Waals surface area contributed by atoms with Crippen molar-refractivity contribution < 1.29 is 0 Å². The van der Waals surface area contributed by atoms with Crippen LogP contribution in [0.25, 0.3) is 11.0 Å². The van der Waals surface area contributed by atoms with Gasteiger partial charge in [0.25, 0.3) is 0 Å². The molecule has 94 valence electrons. The number of hydrogen-bond acceptors (Lipinski definition) is 4. The number of nitrogen functional groups attached to an aromatic ring is 1. The first kappa shape index (κ1) is 11.3. The van der Waals surface area contributed by atoms with Crippen molar-refractivity contribution in [3.05, 3.63) is 24.3 Å². The monoisotopic (exact) mass is 242 g/mol.